The molecule has 0 fully saturated rings. The molecule has 0 radical (unpaired) electrons. The number of hydrogen-bond donors (Lipinski definition) is 0. The van der Waals surface area contributed by atoms with E-state index < -0.39 is 0 Å². The minimum Gasteiger partial charge on any atom is -0.457 e. The molecule has 5 heteroatoms. The van der Waals surface area contributed by atoms with Crippen molar-refractivity contribution in [2.45, 2.75) is 0 Å². The lowest BCUT2D eigenvalue weighted by atomic mass is 9.95. The average Bonchev–Trinajstić information content (AvgIpc) is 4.10. The van der Waals surface area contributed by atoms with Gasteiger partial charge in [-0.1, -0.05) is 134 Å². The smallest absolute Gasteiger partial charge is 0.135 e. The van der Waals surface area contributed by atoms with Gasteiger partial charge in [0.2, 0.25) is 0 Å². The van der Waals surface area contributed by atoms with Crippen LogP contribution in [0.4, 0.5) is 11.4 Å². The van der Waals surface area contributed by atoms with Crippen molar-refractivity contribution in [1.82, 2.24) is 9.13 Å². The Balaban J connectivity index is 0.922. The molecule has 10 aromatic carbocycles. The van der Waals surface area contributed by atoms with E-state index in [1.807, 2.05) is 36.4 Å². The van der Waals surface area contributed by atoms with Gasteiger partial charge in [-0.15, -0.1) is 0 Å². The predicted octanol–water partition coefficient (Wildman–Crippen LogP) is 18.2. The van der Waals surface area contributed by atoms with Crippen LogP contribution in [-0.2, 0) is 0 Å². The van der Waals surface area contributed by atoms with E-state index >= 15 is 0 Å². The molecule has 13 aromatic rings. The van der Waals surface area contributed by atoms with Gasteiger partial charge in [-0.25, -0.2) is 0 Å². The zero-order chi connectivity index (χ0) is 47.7. The lowest BCUT2D eigenvalue weighted by molar-refractivity contribution is 0.483. The van der Waals surface area contributed by atoms with Gasteiger partial charge in [-0.3, -0.25) is 0 Å². The average molecular weight is 924 g/mol. The Bertz CT molecular complexity index is 4360. The van der Waals surface area contributed by atoms with E-state index in [9.17, 15) is 0 Å². The van der Waals surface area contributed by atoms with Crippen LogP contribution in [0.3, 0.4) is 0 Å². The van der Waals surface area contributed by atoms with Crippen LogP contribution in [0.25, 0.3) is 105 Å². The SMILES string of the molecule is C=C1/C=C\C=C/CN(c2ccccc2)c2ccc(-c3ccc4c(c3)c3cc(-c5ccc6c(c5)c5ccccc5n6-c5ccccc5)ccc3n4-c3cccc(Oc4ccc5oc6ccccc6c5c4)c3)cc21. The number of rotatable bonds is 7. The van der Waals surface area contributed by atoms with E-state index in [0.717, 1.165) is 118 Å². The second-order valence-electron chi connectivity index (χ2n) is 18.6. The van der Waals surface area contributed by atoms with Crippen molar-refractivity contribution in [3.63, 3.8) is 0 Å². The summed E-state index contributed by atoms with van der Waals surface area (Å²) in [6.45, 7) is 5.31. The van der Waals surface area contributed by atoms with Crippen molar-refractivity contribution in [2.75, 3.05) is 11.4 Å². The number of hydrogen-bond acceptors (Lipinski definition) is 3. The van der Waals surface area contributed by atoms with E-state index in [-0.39, 0.29) is 0 Å². The lowest BCUT2D eigenvalue weighted by Crippen LogP contribution is -2.18. The number of furan rings is 1. The molecular weight excluding hydrogens is 879 g/mol. The molecule has 0 saturated carbocycles. The molecule has 1 aliphatic rings. The molecule has 3 aromatic heterocycles. The maximum Gasteiger partial charge on any atom is 0.135 e. The van der Waals surface area contributed by atoms with Crippen LogP contribution in [-0.4, -0.2) is 15.7 Å². The number of benzene rings is 10. The summed E-state index contributed by atoms with van der Waals surface area (Å²) in [5, 5.41) is 6.87. The molecule has 0 amide bonds. The summed E-state index contributed by atoms with van der Waals surface area (Å²) in [5.41, 5.74) is 17.3. The summed E-state index contributed by atoms with van der Waals surface area (Å²) >= 11 is 0. The highest BCUT2D eigenvalue weighted by molar-refractivity contribution is 6.13. The van der Waals surface area contributed by atoms with Gasteiger partial charge in [0.15, 0.2) is 0 Å². The molecule has 340 valence electrons. The molecule has 0 atom stereocenters. The number of aromatic nitrogens is 2. The van der Waals surface area contributed by atoms with Crippen molar-refractivity contribution in [1.29, 1.82) is 0 Å². The fraction of sp³-hybridized carbons (Fsp3) is 0.0149. The van der Waals surface area contributed by atoms with Gasteiger partial charge in [-0.05, 0) is 143 Å². The molecule has 0 saturated heterocycles. The van der Waals surface area contributed by atoms with Crippen LogP contribution in [0.5, 0.6) is 11.5 Å². The van der Waals surface area contributed by atoms with Gasteiger partial charge in [-0.2, -0.15) is 0 Å². The minimum atomic E-state index is 0.743. The molecule has 1 aliphatic heterocycles. The summed E-state index contributed by atoms with van der Waals surface area (Å²) in [7, 11) is 0. The molecule has 0 bridgehead atoms. The first kappa shape index (κ1) is 41.4. The fourth-order valence-corrected chi connectivity index (χ4v) is 10.9. The van der Waals surface area contributed by atoms with Crippen LogP contribution < -0.4 is 9.64 Å². The van der Waals surface area contributed by atoms with E-state index in [4.69, 9.17) is 9.15 Å². The van der Waals surface area contributed by atoms with Crippen molar-refractivity contribution in [3.05, 3.63) is 261 Å². The molecule has 14 rings (SSSR count). The largest absolute Gasteiger partial charge is 0.457 e. The summed E-state index contributed by atoms with van der Waals surface area (Å²) in [6.07, 6.45) is 8.50. The first-order chi connectivity index (χ1) is 35.6. The molecule has 0 spiro atoms. The van der Waals surface area contributed by atoms with Crippen molar-refractivity contribution in [3.8, 4) is 45.1 Å². The molecular formula is C67H45N3O2. The van der Waals surface area contributed by atoms with Crippen LogP contribution in [0.15, 0.2) is 260 Å². The van der Waals surface area contributed by atoms with Crippen molar-refractivity contribution in [2.24, 2.45) is 0 Å². The zero-order valence-corrected chi connectivity index (χ0v) is 39.2. The normalized spacial score (nSPS) is 13.7. The maximum absolute atomic E-state index is 6.66. The van der Waals surface area contributed by atoms with Gasteiger partial charge in [0, 0.05) is 73.2 Å². The summed E-state index contributed by atoms with van der Waals surface area (Å²) in [6, 6.07) is 80.1. The highest BCUT2D eigenvalue weighted by atomic mass is 16.5. The predicted molar refractivity (Wildman–Crippen MR) is 301 cm³/mol. The van der Waals surface area contributed by atoms with Crippen LogP contribution in [0, 0.1) is 0 Å². The Morgan fingerprint density at radius 2 is 0.944 bits per heavy atom. The number of fused-ring (bicyclic) bond motifs is 10. The van der Waals surface area contributed by atoms with Gasteiger partial charge in [0.05, 0.1) is 22.1 Å². The van der Waals surface area contributed by atoms with Crippen LogP contribution >= 0.6 is 0 Å². The Kier molecular flexibility index (Phi) is 9.68. The third kappa shape index (κ3) is 6.93. The van der Waals surface area contributed by atoms with Crippen LogP contribution in [0.2, 0.25) is 0 Å². The zero-order valence-electron chi connectivity index (χ0n) is 39.2. The summed E-state index contributed by atoms with van der Waals surface area (Å²) in [4.78, 5) is 2.36. The van der Waals surface area contributed by atoms with Gasteiger partial charge in [0.1, 0.15) is 22.7 Å². The Morgan fingerprint density at radius 3 is 1.68 bits per heavy atom. The maximum atomic E-state index is 6.66. The molecule has 5 nitrogen and oxygen atoms in total. The Hall–Kier alpha value is -9.58. The summed E-state index contributed by atoms with van der Waals surface area (Å²) < 4.78 is 17.5. The third-order valence-electron chi connectivity index (χ3n) is 14.3. The van der Waals surface area contributed by atoms with E-state index in [0.29, 0.717) is 0 Å². The van der Waals surface area contributed by atoms with E-state index in [1.165, 1.54) is 21.8 Å². The quantitative estimate of drug-likeness (QED) is 0.160. The molecule has 72 heavy (non-hydrogen) atoms. The highest BCUT2D eigenvalue weighted by Gasteiger charge is 2.20. The lowest BCUT2D eigenvalue weighted by Gasteiger charge is -2.27. The monoisotopic (exact) mass is 923 g/mol. The Morgan fingerprint density at radius 1 is 0.389 bits per heavy atom. The molecule has 0 aliphatic carbocycles. The van der Waals surface area contributed by atoms with Gasteiger partial charge < -0.3 is 23.2 Å². The second-order valence-corrected chi connectivity index (χ2v) is 18.6. The Labute approximate surface area is 416 Å². The number of nitrogens with zero attached hydrogens (tertiary/aromatic N) is 3. The van der Waals surface area contributed by atoms with Crippen molar-refractivity contribution >= 4 is 82.5 Å². The van der Waals surface area contributed by atoms with E-state index in [2.05, 4.69) is 233 Å². The number of ether oxygens (including phenoxy) is 1. The molecule has 0 N–H and O–H groups in total. The number of para-hydroxylation sites is 4. The van der Waals surface area contributed by atoms with Gasteiger partial charge in [0.25, 0.3) is 0 Å². The van der Waals surface area contributed by atoms with E-state index in [1.54, 1.807) is 0 Å². The van der Waals surface area contributed by atoms with Gasteiger partial charge >= 0.3 is 0 Å². The van der Waals surface area contributed by atoms with Crippen molar-refractivity contribution < 1.29 is 9.15 Å². The highest BCUT2D eigenvalue weighted by Crippen LogP contribution is 2.42. The van der Waals surface area contributed by atoms with Crippen LogP contribution in [0.1, 0.15) is 5.56 Å². The summed E-state index contributed by atoms with van der Waals surface area (Å²) in [5.74, 6) is 1.50. The number of anilines is 2. The fourth-order valence-electron chi connectivity index (χ4n) is 10.9. The standard InChI is InChI=1S/C67H45N3O2/c1-44-16-5-4-14-37-68(49-17-6-2-7-18-49)61-32-27-45(38-56(44)61)47-29-34-64-58(40-47)59-41-48(46-28-33-63-57(39-46)54-23-10-12-25-62(54)69(63)50-19-8-3-9-20-50)30-35-65(59)70(64)51-21-15-22-52(42-51)71-53-31-36-67-60(43-53)55-24-11-13-26-66(55)72-67/h2-36,38-43H,1,37H2/b14-4-,16-5-. The second kappa shape index (κ2) is 16.8. The first-order valence-electron chi connectivity index (χ1n) is 24.5. The number of allylic oxidation sites excluding steroid dienone is 4. The third-order valence-corrected chi connectivity index (χ3v) is 14.3. The molecule has 4 heterocycles. The minimum absolute atomic E-state index is 0.743. The molecule has 0 unspecified atom stereocenters. The first-order valence-corrected chi connectivity index (χ1v) is 24.5. The topological polar surface area (TPSA) is 35.5 Å².